The number of nitrogens with one attached hydrogen (secondary N) is 2. The van der Waals surface area contributed by atoms with Gasteiger partial charge in [-0.1, -0.05) is 0 Å². The average molecular weight is 313 g/mol. The summed E-state index contributed by atoms with van der Waals surface area (Å²) in [4.78, 5) is 8.15. The molecular formula is C9H13BrN8. The number of hydrazine groups is 1. The molecule has 0 radical (unpaired) electrons. The fraction of sp³-hybridized carbons (Fsp3) is 0.333. The summed E-state index contributed by atoms with van der Waals surface area (Å²) in [5.74, 6) is 7.09. The first-order valence-corrected chi connectivity index (χ1v) is 6.13. The zero-order valence-corrected chi connectivity index (χ0v) is 11.3. The Bertz CT molecular complexity index is 525. The van der Waals surface area contributed by atoms with Gasteiger partial charge in [0.25, 0.3) is 0 Å². The molecule has 18 heavy (non-hydrogen) atoms. The minimum absolute atomic E-state index is 0.345. The molecule has 2 aromatic heterocycles. The van der Waals surface area contributed by atoms with Gasteiger partial charge in [0.15, 0.2) is 5.82 Å². The van der Waals surface area contributed by atoms with Crippen molar-refractivity contribution >= 4 is 27.7 Å². The van der Waals surface area contributed by atoms with Crippen molar-refractivity contribution in [3.63, 3.8) is 0 Å². The molecule has 9 heteroatoms. The van der Waals surface area contributed by atoms with E-state index in [0.717, 1.165) is 16.8 Å². The molecule has 2 heterocycles. The van der Waals surface area contributed by atoms with Gasteiger partial charge < -0.3 is 9.88 Å². The van der Waals surface area contributed by atoms with Gasteiger partial charge in [0, 0.05) is 12.7 Å². The van der Waals surface area contributed by atoms with E-state index in [-0.39, 0.29) is 0 Å². The lowest BCUT2D eigenvalue weighted by Crippen LogP contribution is -2.13. The Kier molecular flexibility index (Phi) is 4.05. The topological polar surface area (TPSA) is 107 Å². The normalized spacial score (nSPS) is 10.4. The van der Waals surface area contributed by atoms with Crippen LogP contribution in [0.2, 0.25) is 0 Å². The molecule has 0 saturated heterocycles. The van der Waals surface area contributed by atoms with Crippen LogP contribution in [-0.2, 0) is 13.1 Å². The molecule has 8 nitrogen and oxygen atoms in total. The Morgan fingerprint density at radius 3 is 3.06 bits per heavy atom. The van der Waals surface area contributed by atoms with Gasteiger partial charge in [0.1, 0.15) is 12.1 Å². The van der Waals surface area contributed by atoms with Crippen LogP contribution >= 0.6 is 15.9 Å². The number of hydrogen-bond donors (Lipinski definition) is 3. The number of halogens is 1. The van der Waals surface area contributed by atoms with E-state index in [1.165, 1.54) is 0 Å². The van der Waals surface area contributed by atoms with Crippen LogP contribution in [0.25, 0.3) is 0 Å². The minimum Gasteiger partial charge on any atom is -0.362 e. The molecule has 0 aromatic carbocycles. The Morgan fingerprint density at radius 2 is 2.33 bits per heavy atom. The lowest BCUT2D eigenvalue weighted by molar-refractivity contribution is 0.707. The summed E-state index contributed by atoms with van der Waals surface area (Å²) in [5.41, 5.74) is 2.39. The number of rotatable bonds is 5. The van der Waals surface area contributed by atoms with E-state index in [2.05, 4.69) is 46.8 Å². The van der Waals surface area contributed by atoms with Crippen molar-refractivity contribution in [2.45, 2.75) is 20.0 Å². The van der Waals surface area contributed by atoms with Gasteiger partial charge in [-0.3, -0.25) is 5.43 Å². The Labute approximate surface area is 112 Å². The molecule has 0 atom stereocenters. The van der Waals surface area contributed by atoms with Gasteiger partial charge in [0.2, 0.25) is 5.95 Å². The highest BCUT2D eigenvalue weighted by Crippen LogP contribution is 2.20. The summed E-state index contributed by atoms with van der Waals surface area (Å²) >= 11 is 3.36. The molecule has 2 aromatic rings. The highest BCUT2D eigenvalue weighted by atomic mass is 79.9. The third-order valence-electron chi connectivity index (χ3n) is 2.32. The molecular weight excluding hydrogens is 300 g/mol. The molecule has 96 valence electrons. The van der Waals surface area contributed by atoms with E-state index in [9.17, 15) is 0 Å². The van der Waals surface area contributed by atoms with Crippen molar-refractivity contribution in [1.29, 1.82) is 0 Å². The maximum Gasteiger partial charge on any atom is 0.239 e. The number of nitrogens with two attached hydrogens (primary N) is 1. The Morgan fingerprint density at radius 1 is 1.50 bits per heavy atom. The van der Waals surface area contributed by atoms with Crippen LogP contribution in [0.3, 0.4) is 0 Å². The smallest absolute Gasteiger partial charge is 0.239 e. The zero-order chi connectivity index (χ0) is 13.0. The zero-order valence-electron chi connectivity index (χ0n) is 9.76. The van der Waals surface area contributed by atoms with Crippen LogP contribution < -0.4 is 16.6 Å². The van der Waals surface area contributed by atoms with Crippen LogP contribution in [0.4, 0.5) is 11.8 Å². The first kappa shape index (κ1) is 12.7. The fourth-order valence-electron chi connectivity index (χ4n) is 1.40. The minimum atomic E-state index is 0.345. The van der Waals surface area contributed by atoms with Crippen molar-refractivity contribution in [2.75, 3.05) is 10.7 Å². The Hall–Kier alpha value is -1.74. The van der Waals surface area contributed by atoms with E-state index in [1.807, 2.05) is 11.5 Å². The monoisotopic (exact) mass is 312 g/mol. The average Bonchev–Trinajstić information content (AvgIpc) is 2.85. The molecule has 0 aliphatic heterocycles. The summed E-state index contributed by atoms with van der Waals surface area (Å²) < 4.78 is 2.70. The molecule has 0 bridgehead atoms. The third kappa shape index (κ3) is 2.74. The SMILES string of the molecule is CCn1cnnc1CNc1nc(NN)ncc1Br. The predicted octanol–water partition coefficient (Wildman–Crippen LogP) is 0.748. The molecule has 0 saturated carbocycles. The number of aromatic nitrogens is 5. The van der Waals surface area contributed by atoms with E-state index < -0.39 is 0 Å². The highest BCUT2D eigenvalue weighted by molar-refractivity contribution is 9.10. The summed E-state index contributed by atoms with van der Waals surface area (Å²) in [6.07, 6.45) is 3.31. The number of hydrogen-bond acceptors (Lipinski definition) is 7. The quantitative estimate of drug-likeness (QED) is 0.552. The van der Waals surface area contributed by atoms with Crippen molar-refractivity contribution in [2.24, 2.45) is 5.84 Å². The van der Waals surface area contributed by atoms with Gasteiger partial charge in [-0.25, -0.2) is 10.8 Å². The maximum absolute atomic E-state index is 5.26. The molecule has 0 unspecified atom stereocenters. The van der Waals surface area contributed by atoms with Crippen molar-refractivity contribution in [3.05, 3.63) is 22.8 Å². The number of nitrogens with zero attached hydrogens (tertiary/aromatic N) is 5. The second-order valence-corrected chi connectivity index (χ2v) is 4.28. The van der Waals surface area contributed by atoms with Crippen LogP contribution in [0.1, 0.15) is 12.7 Å². The van der Waals surface area contributed by atoms with Crippen molar-refractivity contribution < 1.29 is 0 Å². The van der Waals surface area contributed by atoms with Gasteiger partial charge in [0.05, 0.1) is 11.0 Å². The lowest BCUT2D eigenvalue weighted by atomic mass is 10.5. The number of aryl methyl sites for hydroxylation is 1. The maximum atomic E-state index is 5.26. The number of nitrogen functional groups attached to an aromatic ring is 1. The third-order valence-corrected chi connectivity index (χ3v) is 2.90. The molecule has 0 fully saturated rings. The van der Waals surface area contributed by atoms with Crippen LogP contribution in [0, 0.1) is 0 Å². The largest absolute Gasteiger partial charge is 0.362 e. The van der Waals surface area contributed by atoms with Crippen molar-refractivity contribution in [1.82, 2.24) is 24.7 Å². The van der Waals surface area contributed by atoms with Crippen molar-refractivity contribution in [3.8, 4) is 0 Å². The Balaban J connectivity index is 2.10. The second kappa shape index (κ2) is 5.74. The fourth-order valence-corrected chi connectivity index (χ4v) is 1.73. The first-order valence-electron chi connectivity index (χ1n) is 5.34. The molecule has 2 rings (SSSR count). The molecule has 0 amide bonds. The second-order valence-electron chi connectivity index (χ2n) is 3.42. The summed E-state index contributed by atoms with van der Waals surface area (Å²) in [5, 5.41) is 11.0. The lowest BCUT2D eigenvalue weighted by Gasteiger charge is -2.08. The van der Waals surface area contributed by atoms with E-state index >= 15 is 0 Å². The van der Waals surface area contributed by atoms with E-state index in [0.29, 0.717) is 18.3 Å². The van der Waals surface area contributed by atoms with Gasteiger partial charge in [-0.2, -0.15) is 4.98 Å². The van der Waals surface area contributed by atoms with Crippen LogP contribution in [0.15, 0.2) is 17.0 Å². The van der Waals surface area contributed by atoms with Gasteiger partial charge in [-0.05, 0) is 22.9 Å². The van der Waals surface area contributed by atoms with Gasteiger partial charge in [-0.15, -0.1) is 10.2 Å². The molecule has 0 spiro atoms. The standard InChI is InChI=1S/C9H13BrN8/c1-2-18-5-14-17-7(18)4-12-8-6(10)3-13-9(15-8)16-11/h3,5H,2,4,11H2,1H3,(H2,12,13,15,16). The summed E-state index contributed by atoms with van der Waals surface area (Å²) in [6, 6.07) is 0. The molecule has 0 aliphatic carbocycles. The van der Waals surface area contributed by atoms with E-state index in [1.54, 1.807) is 12.5 Å². The molecule has 0 aliphatic rings. The van der Waals surface area contributed by atoms with Crippen LogP contribution in [-0.4, -0.2) is 24.7 Å². The summed E-state index contributed by atoms with van der Waals surface area (Å²) in [6.45, 7) is 3.38. The number of anilines is 2. The first-order chi connectivity index (χ1) is 8.74. The predicted molar refractivity (Wildman–Crippen MR) is 70.6 cm³/mol. The van der Waals surface area contributed by atoms with Crippen LogP contribution in [0.5, 0.6) is 0 Å². The highest BCUT2D eigenvalue weighted by Gasteiger charge is 2.07. The molecule has 4 N–H and O–H groups in total. The van der Waals surface area contributed by atoms with E-state index in [4.69, 9.17) is 5.84 Å². The van der Waals surface area contributed by atoms with Gasteiger partial charge >= 0.3 is 0 Å². The summed E-state index contributed by atoms with van der Waals surface area (Å²) in [7, 11) is 0.